The second kappa shape index (κ2) is 6.55. The van der Waals surface area contributed by atoms with E-state index in [0.29, 0.717) is 12.4 Å². The van der Waals surface area contributed by atoms with Crippen molar-refractivity contribution in [3.8, 4) is 5.75 Å². The summed E-state index contributed by atoms with van der Waals surface area (Å²) in [6.45, 7) is 6.28. The third-order valence-corrected chi connectivity index (χ3v) is 3.62. The molecule has 1 rings (SSSR count). The van der Waals surface area contributed by atoms with Crippen molar-refractivity contribution in [2.75, 3.05) is 19.5 Å². The minimum absolute atomic E-state index is 0.174. The summed E-state index contributed by atoms with van der Waals surface area (Å²) in [5.74, 6) is 1.02. The molecule has 0 aliphatic heterocycles. The Morgan fingerprint density at radius 3 is 2.35 bits per heavy atom. The van der Waals surface area contributed by atoms with Crippen LogP contribution in [0.3, 0.4) is 0 Å². The van der Waals surface area contributed by atoms with Crippen LogP contribution in [0, 0.1) is 13.8 Å². The van der Waals surface area contributed by atoms with E-state index in [-0.39, 0.29) is 5.97 Å². The lowest BCUT2D eigenvalue weighted by Crippen LogP contribution is -2.06. The SMILES string of the molecule is CCOC(=O)CSc1c(C)cc(OC)cc1C. The van der Waals surface area contributed by atoms with Gasteiger partial charge in [0.25, 0.3) is 0 Å². The fourth-order valence-electron chi connectivity index (χ4n) is 1.59. The van der Waals surface area contributed by atoms with Gasteiger partial charge in [-0.15, -0.1) is 11.8 Å². The Balaban J connectivity index is 2.74. The Bertz CT molecular complexity index is 379. The number of thioether (sulfide) groups is 1. The van der Waals surface area contributed by atoms with Gasteiger partial charge in [0.1, 0.15) is 5.75 Å². The van der Waals surface area contributed by atoms with Crippen LogP contribution in [0.2, 0.25) is 0 Å². The third-order valence-electron chi connectivity index (χ3n) is 2.31. The van der Waals surface area contributed by atoms with Gasteiger partial charge in [-0.05, 0) is 44.0 Å². The molecule has 0 saturated heterocycles. The van der Waals surface area contributed by atoms with Crippen molar-refractivity contribution in [3.05, 3.63) is 23.3 Å². The molecule has 1 aromatic rings. The molecule has 0 fully saturated rings. The molecule has 0 aliphatic rings. The highest BCUT2D eigenvalue weighted by Gasteiger charge is 2.09. The molecule has 0 aromatic heterocycles. The summed E-state index contributed by atoms with van der Waals surface area (Å²) in [5, 5.41) is 0. The summed E-state index contributed by atoms with van der Waals surface area (Å²) in [5.41, 5.74) is 2.24. The fraction of sp³-hybridized carbons (Fsp3) is 0.462. The molecule has 0 aliphatic carbocycles. The van der Waals surface area contributed by atoms with Crippen molar-refractivity contribution < 1.29 is 14.3 Å². The van der Waals surface area contributed by atoms with Crippen LogP contribution >= 0.6 is 11.8 Å². The average molecular weight is 254 g/mol. The van der Waals surface area contributed by atoms with Crippen molar-refractivity contribution in [1.82, 2.24) is 0 Å². The smallest absolute Gasteiger partial charge is 0.316 e. The fourth-order valence-corrected chi connectivity index (χ4v) is 2.51. The van der Waals surface area contributed by atoms with Gasteiger partial charge in [0, 0.05) is 4.90 Å². The summed E-state index contributed by atoms with van der Waals surface area (Å²) >= 11 is 1.51. The monoisotopic (exact) mass is 254 g/mol. The normalized spacial score (nSPS) is 10.1. The molecular formula is C13H18O3S. The number of esters is 1. The lowest BCUT2D eigenvalue weighted by Gasteiger charge is -2.11. The molecular weight excluding hydrogens is 236 g/mol. The van der Waals surface area contributed by atoms with Gasteiger partial charge in [0.15, 0.2) is 0 Å². The first kappa shape index (κ1) is 13.9. The highest BCUT2D eigenvalue weighted by Crippen LogP contribution is 2.30. The number of methoxy groups -OCH3 is 1. The van der Waals surface area contributed by atoms with Gasteiger partial charge < -0.3 is 9.47 Å². The highest BCUT2D eigenvalue weighted by molar-refractivity contribution is 8.00. The van der Waals surface area contributed by atoms with Crippen molar-refractivity contribution in [2.45, 2.75) is 25.7 Å². The van der Waals surface area contributed by atoms with Crippen LogP contribution < -0.4 is 4.74 Å². The highest BCUT2D eigenvalue weighted by atomic mass is 32.2. The zero-order valence-corrected chi connectivity index (χ0v) is 11.5. The summed E-state index contributed by atoms with van der Waals surface area (Å²) in [7, 11) is 1.65. The van der Waals surface area contributed by atoms with E-state index in [2.05, 4.69) is 0 Å². The summed E-state index contributed by atoms with van der Waals surface area (Å²) in [6.07, 6.45) is 0. The first-order valence-corrected chi connectivity index (χ1v) is 6.50. The van der Waals surface area contributed by atoms with Gasteiger partial charge in [0.05, 0.1) is 19.5 Å². The molecule has 0 N–H and O–H groups in total. The minimum atomic E-state index is -0.174. The van der Waals surface area contributed by atoms with Gasteiger partial charge in [-0.2, -0.15) is 0 Å². The lowest BCUT2D eigenvalue weighted by atomic mass is 10.1. The van der Waals surface area contributed by atoms with Gasteiger partial charge in [-0.1, -0.05) is 0 Å². The number of hydrogen-bond donors (Lipinski definition) is 0. The number of benzene rings is 1. The predicted molar refractivity (Wildman–Crippen MR) is 69.8 cm³/mol. The van der Waals surface area contributed by atoms with Crippen LogP contribution in [0.1, 0.15) is 18.1 Å². The Hall–Kier alpha value is -1.16. The molecule has 17 heavy (non-hydrogen) atoms. The molecule has 0 amide bonds. The summed E-state index contributed by atoms with van der Waals surface area (Å²) in [4.78, 5) is 12.4. The van der Waals surface area contributed by atoms with Crippen molar-refractivity contribution in [2.24, 2.45) is 0 Å². The quantitative estimate of drug-likeness (QED) is 0.598. The van der Waals surface area contributed by atoms with E-state index in [1.807, 2.05) is 32.9 Å². The third kappa shape index (κ3) is 3.97. The molecule has 3 nitrogen and oxygen atoms in total. The zero-order chi connectivity index (χ0) is 12.8. The summed E-state index contributed by atoms with van der Waals surface area (Å²) < 4.78 is 10.1. The molecule has 94 valence electrons. The largest absolute Gasteiger partial charge is 0.497 e. The zero-order valence-electron chi connectivity index (χ0n) is 10.7. The van der Waals surface area contributed by atoms with Crippen LogP contribution in [-0.2, 0) is 9.53 Å². The van der Waals surface area contributed by atoms with Crippen LogP contribution in [0.5, 0.6) is 5.75 Å². The maximum Gasteiger partial charge on any atom is 0.316 e. The minimum Gasteiger partial charge on any atom is -0.497 e. The number of carbonyl (C=O) groups is 1. The van der Waals surface area contributed by atoms with Crippen LogP contribution in [0.25, 0.3) is 0 Å². The van der Waals surface area contributed by atoms with Gasteiger partial charge in [0.2, 0.25) is 0 Å². The Kier molecular flexibility index (Phi) is 5.35. The van der Waals surface area contributed by atoms with Gasteiger partial charge in [-0.3, -0.25) is 4.79 Å². The van der Waals surface area contributed by atoms with E-state index in [9.17, 15) is 4.79 Å². The first-order valence-electron chi connectivity index (χ1n) is 5.52. The second-order valence-corrected chi connectivity index (χ2v) is 4.67. The molecule has 0 radical (unpaired) electrons. The molecule has 0 heterocycles. The molecule has 0 saturated carbocycles. The molecule has 0 bridgehead atoms. The van der Waals surface area contributed by atoms with E-state index in [0.717, 1.165) is 21.8 Å². The number of hydrogen-bond acceptors (Lipinski definition) is 4. The molecule has 0 atom stereocenters. The van der Waals surface area contributed by atoms with Crippen LogP contribution in [0.15, 0.2) is 17.0 Å². The summed E-state index contributed by atoms with van der Waals surface area (Å²) in [6, 6.07) is 3.95. The molecule has 4 heteroatoms. The number of ether oxygens (including phenoxy) is 2. The van der Waals surface area contributed by atoms with E-state index < -0.39 is 0 Å². The Labute approximate surface area is 106 Å². The molecule has 0 spiro atoms. The van der Waals surface area contributed by atoms with Crippen LogP contribution in [0.4, 0.5) is 0 Å². The van der Waals surface area contributed by atoms with Crippen molar-refractivity contribution in [3.63, 3.8) is 0 Å². The first-order chi connectivity index (χ1) is 8.08. The number of carbonyl (C=O) groups excluding carboxylic acids is 1. The predicted octanol–water partition coefficient (Wildman–Crippen LogP) is 2.97. The lowest BCUT2D eigenvalue weighted by molar-refractivity contribution is -0.139. The molecule has 0 unspecified atom stereocenters. The van der Waals surface area contributed by atoms with Crippen LogP contribution in [-0.4, -0.2) is 25.4 Å². The van der Waals surface area contributed by atoms with Crippen molar-refractivity contribution in [1.29, 1.82) is 0 Å². The van der Waals surface area contributed by atoms with E-state index in [4.69, 9.17) is 9.47 Å². The van der Waals surface area contributed by atoms with Crippen molar-refractivity contribution >= 4 is 17.7 Å². The maximum absolute atomic E-state index is 11.3. The Morgan fingerprint density at radius 2 is 1.88 bits per heavy atom. The van der Waals surface area contributed by atoms with E-state index >= 15 is 0 Å². The van der Waals surface area contributed by atoms with Gasteiger partial charge >= 0.3 is 5.97 Å². The maximum atomic E-state index is 11.3. The number of aryl methyl sites for hydroxylation is 2. The van der Waals surface area contributed by atoms with E-state index in [1.54, 1.807) is 7.11 Å². The Morgan fingerprint density at radius 1 is 1.29 bits per heavy atom. The molecule has 1 aromatic carbocycles. The standard InChI is InChI=1S/C13H18O3S/c1-5-16-12(14)8-17-13-9(2)6-11(15-4)7-10(13)3/h6-7H,5,8H2,1-4H3. The topological polar surface area (TPSA) is 35.5 Å². The van der Waals surface area contributed by atoms with E-state index in [1.165, 1.54) is 11.8 Å². The number of rotatable bonds is 5. The van der Waals surface area contributed by atoms with Gasteiger partial charge in [-0.25, -0.2) is 0 Å². The average Bonchev–Trinajstić information content (AvgIpc) is 2.28. The second-order valence-electron chi connectivity index (χ2n) is 3.68.